The molecule has 5 N–H and O–H groups in total. The number of amides is 2. The largest absolute Gasteiger partial charge is 0.507 e. The number of benzene rings is 3. The number of rotatable bonds is 7. The molecule has 0 fully saturated rings. The number of aromatic amines is 2. The summed E-state index contributed by atoms with van der Waals surface area (Å²) < 4.78 is 14.3. The Morgan fingerprint density at radius 1 is 1.03 bits per heavy atom. The molecule has 11 heteroatoms. The molecule has 2 heterocycles. The molecule has 0 bridgehead atoms. The van der Waals surface area contributed by atoms with Crippen LogP contribution in [0.4, 0.5) is 9.18 Å². The van der Waals surface area contributed by atoms with Gasteiger partial charge in [-0.2, -0.15) is 0 Å². The van der Waals surface area contributed by atoms with Crippen LogP contribution in [0.1, 0.15) is 23.0 Å². The van der Waals surface area contributed by atoms with Crippen molar-refractivity contribution in [2.24, 2.45) is 0 Å². The zero-order valence-electron chi connectivity index (χ0n) is 20.3. The highest BCUT2D eigenvalue weighted by atomic mass is 35.5. The van der Waals surface area contributed by atoms with E-state index in [-0.39, 0.29) is 28.0 Å². The fraction of sp³-hybridized carbons (Fsp3) is 0.107. The molecule has 0 radical (unpaired) electrons. The molecule has 1 unspecified atom stereocenters. The van der Waals surface area contributed by atoms with E-state index in [4.69, 9.17) is 23.2 Å². The smallest absolute Gasteiger partial charge is 0.315 e. The van der Waals surface area contributed by atoms with Crippen LogP contribution in [0.15, 0.2) is 77.6 Å². The minimum atomic E-state index is -0.618. The maximum atomic E-state index is 14.3. The van der Waals surface area contributed by atoms with Crippen molar-refractivity contribution in [2.45, 2.75) is 19.0 Å². The summed E-state index contributed by atoms with van der Waals surface area (Å²) in [5, 5.41) is 16.4. The molecule has 3 aromatic carbocycles. The molecule has 8 nitrogen and oxygen atoms in total. The first-order chi connectivity index (χ1) is 18.8. The molecule has 2 aromatic heterocycles. The number of nitrogens with zero attached hydrogens (tertiary/aromatic N) is 1. The van der Waals surface area contributed by atoms with Crippen LogP contribution < -0.4 is 16.2 Å². The average Bonchev–Trinajstić information content (AvgIpc) is 3.31. The summed E-state index contributed by atoms with van der Waals surface area (Å²) in [6.45, 7) is -0.0663. The molecule has 0 saturated heterocycles. The monoisotopic (exact) mass is 565 g/mol. The Balaban J connectivity index is 1.42. The second kappa shape index (κ2) is 11.2. The highest BCUT2D eigenvalue weighted by Crippen LogP contribution is 2.32. The molecule has 2 amide bonds. The summed E-state index contributed by atoms with van der Waals surface area (Å²) in [5.74, 6) is -0.360. The number of fused-ring (bicyclic) bond motifs is 1. The minimum absolute atomic E-state index is 0.0252. The third-order valence-corrected chi connectivity index (χ3v) is 6.73. The van der Waals surface area contributed by atoms with Crippen LogP contribution in [-0.4, -0.2) is 26.1 Å². The van der Waals surface area contributed by atoms with Crippen molar-refractivity contribution in [2.75, 3.05) is 0 Å². The van der Waals surface area contributed by atoms with Crippen molar-refractivity contribution in [1.82, 2.24) is 25.6 Å². The molecule has 0 aliphatic rings. The number of nitrogens with one attached hydrogen (secondary N) is 4. The summed E-state index contributed by atoms with van der Waals surface area (Å²) in [7, 11) is 0. The highest BCUT2D eigenvalue weighted by Gasteiger charge is 2.22. The topological polar surface area (TPSA) is 123 Å². The summed E-state index contributed by atoms with van der Waals surface area (Å²) >= 11 is 12.4. The van der Waals surface area contributed by atoms with Crippen molar-refractivity contribution in [1.29, 1.82) is 0 Å². The fourth-order valence-corrected chi connectivity index (χ4v) is 4.69. The average molecular weight is 566 g/mol. The Morgan fingerprint density at radius 2 is 1.82 bits per heavy atom. The first kappa shape index (κ1) is 26.3. The number of aromatic nitrogens is 3. The Labute approximate surface area is 231 Å². The predicted octanol–water partition coefficient (Wildman–Crippen LogP) is 5.85. The van der Waals surface area contributed by atoms with Gasteiger partial charge in [-0.1, -0.05) is 71.7 Å². The van der Waals surface area contributed by atoms with Crippen LogP contribution in [-0.2, 0) is 13.0 Å². The zero-order chi connectivity index (χ0) is 27.5. The second-order valence-electron chi connectivity index (χ2n) is 8.85. The van der Waals surface area contributed by atoms with Gasteiger partial charge in [0, 0.05) is 29.1 Å². The van der Waals surface area contributed by atoms with Gasteiger partial charge in [-0.05, 0) is 30.2 Å². The lowest BCUT2D eigenvalue weighted by Crippen LogP contribution is -2.39. The van der Waals surface area contributed by atoms with Gasteiger partial charge in [0.2, 0.25) is 0 Å². The van der Waals surface area contributed by atoms with E-state index in [1.165, 1.54) is 6.07 Å². The standard InChI is InChI=1S/C28H22Cl2FN5O3/c29-19-8-4-7-17(24(19)31)14-32-28(39)34-21(11-15-5-2-1-3-6-15)27-35-25(26(30)36-27)16-9-10-20-18(12-16)22(37)13-23(38)33-20/h1-10,12-13,21H,11,14H2,(H,35,36)(H2,32,34,39)(H2,33,37,38). The lowest BCUT2D eigenvalue weighted by Gasteiger charge is -2.18. The summed E-state index contributed by atoms with van der Waals surface area (Å²) in [6.07, 6.45) is 0.392. The number of carbonyl (C=O) groups excluding carboxylic acids is 1. The van der Waals surface area contributed by atoms with Crippen molar-refractivity contribution < 1.29 is 14.3 Å². The molecule has 5 rings (SSSR count). The number of aromatic hydroxyl groups is 1. The van der Waals surface area contributed by atoms with E-state index in [1.807, 2.05) is 30.3 Å². The van der Waals surface area contributed by atoms with E-state index in [0.29, 0.717) is 34.4 Å². The Bertz CT molecular complexity index is 1720. The van der Waals surface area contributed by atoms with Crippen LogP contribution in [0.5, 0.6) is 5.75 Å². The first-order valence-corrected chi connectivity index (χ1v) is 12.7. The maximum absolute atomic E-state index is 14.3. The van der Waals surface area contributed by atoms with E-state index in [2.05, 4.69) is 25.6 Å². The number of pyridine rings is 1. The van der Waals surface area contributed by atoms with Gasteiger partial charge >= 0.3 is 6.03 Å². The zero-order valence-corrected chi connectivity index (χ0v) is 21.8. The van der Waals surface area contributed by atoms with Crippen molar-refractivity contribution >= 4 is 40.1 Å². The van der Waals surface area contributed by atoms with Crippen LogP contribution in [0, 0.1) is 5.82 Å². The van der Waals surface area contributed by atoms with Gasteiger partial charge in [0.15, 0.2) is 0 Å². The summed E-state index contributed by atoms with van der Waals surface area (Å²) in [4.78, 5) is 34.9. The van der Waals surface area contributed by atoms with Crippen molar-refractivity contribution in [3.63, 3.8) is 0 Å². The lowest BCUT2D eigenvalue weighted by molar-refractivity contribution is 0.236. The third-order valence-electron chi connectivity index (χ3n) is 6.16. The van der Waals surface area contributed by atoms with Crippen LogP contribution in [0.2, 0.25) is 10.2 Å². The molecule has 39 heavy (non-hydrogen) atoms. The highest BCUT2D eigenvalue weighted by molar-refractivity contribution is 6.32. The molecule has 5 aromatic rings. The normalized spacial score (nSPS) is 11.9. The van der Waals surface area contributed by atoms with Gasteiger partial charge < -0.3 is 25.7 Å². The van der Waals surface area contributed by atoms with Gasteiger partial charge in [0.05, 0.1) is 16.6 Å². The third kappa shape index (κ3) is 5.89. The van der Waals surface area contributed by atoms with Crippen LogP contribution >= 0.6 is 23.2 Å². The quantitative estimate of drug-likeness (QED) is 0.170. The minimum Gasteiger partial charge on any atom is -0.507 e. The van der Waals surface area contributed by atoms with E-state index < -0.39 is 23.4 Å². The van der Waals surface area contributed by atoms with E-state index in [0.717, 1.165) is 11.6 Å². The first-order valence-electron chi connectivity index (χ1n) is 11.9. The van der Waals surface area contributed by atoms with Crippen LogP contribution in [0.25, 0.3) is 22.2 Å². The maximum Gasteiger partial charge on any atom is 0.315 e. The lowest BCUT2D eigenvalue weighted by atomic mass is 10.1. The number of halogens is 3. The van der Waals surface area contributed by atoms with Crippen LogP contribution in [0.3, 0.4) is 0 Å². The number of hydrogen-bond donors (Lipinski definition) is 5. The molecule has 1 atom stereocenters. The number of carbonyl (C=O) groups is 1. The molecule has 0 spiro atoms. The van der Waals surface area contributed by atoms with E-state index in [9.17, 15) is 19.1 Å². The fourth-order valence-electron chi connectivity index (χ4n) is 4.24. The Morgan fingerprint density at radius 3 is 2.62 bits per heavy atom. The molecular formula is C28H22Cl2FN5O3. The van der Waals surface area contributed by atoms with Gasteiger partial charge in [0.25, 0.3) is 5.56 Å². The predicted molar refractivity (Wildman–Crippen MR) is 148 cm³/mol. The molecular weight excluding hydrogens is 544 g/mol. The van der Waals surface area contributed by atoms with Gasteiger partial charge in [0.1, 0.15) is 28.2 Å². The summed E-state index contributed by atoms with van der Waals surface area (Å²) in [5.41, 5.74) is 2.24. The summed E-state index contributed by atoms with van der Waals surface area (Å²) in [6, 6.07) is 19.1. The number of urea groups is 1. The molecule has 0 saturated carbocycles. The van der Waals surface area contributed by atoms with Crippen molar-refractivity contribution in [3.05, 3.63) is 116 Å². The van der Waals surface area contributed by atoms with Gasteiger partial charge in [-0.25, -0.2) is 14.2 Å². The molecule has 0 aliphatic carbocycles. The number of H-pyrrole nitrogens is 2. The molecule has 0 aliphatic heterocycles. The Kier molecular flexibility index (Phi) is 7.53. The molecule has 198 valence electrons. The van der Waals surface area contributed by atoms with Gasteiger partial charge in [-0.3, -0.25) is 4.79 Å². The second-order valence-corrected chi connectivity index (χ2v) is 9.63. The van der Waals surface area contributed by atoms with E-state index in [1.54, 1.807) is 30.3 Å². The number of imidazole rings is 1. The Hall–Kier alpha value is -4.34. The van der Waals surface area contributed by atoms with Gasteiger partial charge in [-0.15, -0.1) is 0 Å². The SMILES string of the molecule is O=C(NCc1cccc(Cl)c1F)NC(Cc1ccccc1)c1nc(-c2ccc3[nH]c(=O)cc(O)c3c2)c(Cl)[nH]1. The van der Waals surface area contributed by atoms with Crippen molar-refractivity contribution in [3.8, 4) is 17.0 Å². The van der Waals surface area contributed by atoms with E-state index >= 15 is 0 Å². The number of hydrogen-bond acceptors (Lipinski definition) is 4.